The molecule has 0 unspecified atom stereocenters. The molecule has 2 saturated heterocycles. The number of benzene rings is 2. The van der Waals surface area contributed by atoms with Crippen LogP contribution >= 0.6 is 11.6 Å². The average Bonchev–Trinajstić information content (AvgIpc) is 3.22. The van der Waals surface area contributed by atoms with Gasteiger partial charge in [0.1, 0.15) is 5.82 Å². The van der Waals surface area contributed by atoms with Crippen molar-refractivity contribution in [1.82, 2.24) is 24.0 Å². The Labute approximate surface area is 231 Å². The van der Waals surface area contributed by atoms with Gasteiger partial charge in [-0.2, -0.15) is 4.98 Å². The van der Waals surface area contributed by atoms with Crippen molar-refractivity contribution in [3.05, 3.63) is 64.0 Å². The van der Waals surface area contributed by atoms with E-state index in [4.69, 9.17) is 31.0 Å². The lowest BCUT2D eigenvalue weighted by molar-refractivity contribution is 0.0364. The Kier molecular flexibility index (Phi) is 7.51. The number of imidazole rings is 1. The van der Waals surface area contributed by atoms with Crippen LogP contribution in [0.4, 0.5) is 17.5 Å². The van der Waals surface area contributed by atoms with Crippen molar-refractivity contribution in [1.29, 1.82) is 0 Å². The summed E-state index contributed by atoms with van der Waals surface area (Å²) in [6, 6.07) is 15.5. The number of nitrogens with one attached hydrogen (secondary N) is 1. The quantitative estimate of drug-likeness (QED) is 0.375. The molecule has 1 N–H and O–H groups in total. The number of fused-ring (bicyclic) bond motifs is 1. The average molecular weight is 550 g/mol. The molecular weight excluding hydrogens is 518 g/mol. The molecule has 2 aliphatic heterocycles. The SMILES string of the molecule is Cn1c(=O)n(CCN2CCOCC2)c2ccc(-c3cc(Nc4ccc(Cl)cc4)nc(N4CCOCC4)n3)cc21. The molecule has 204 valence electrons. The Balaban J connectivity index is 1.34. The first-order chi connectivity index (χ1) is 19.0. The number of nitrogens with zero attached hydrogens (tertiary/aromatic N) is 6. The molecule has 0 radical (unpaired) electrons. The van der Waals surface area contributed by atoms with E-state index in [1.165, 1.54) is 0 Å². The van der Waals surface area contributed by atoms with Crippen molar-refractivity contribution in [2.24, 2.45) is 7.05 Å². The van der Waals surface area contributed by atoms with Gasteiger partial charge in [-0.1, -0.05) is 17.7 Å². The molecule has 2 aromatic heterocycles. The van der Waals surface area contributed by atoms with Crippen LogP contribution in [0.5, 0.6) is 0 Å². The van der Waals surface area contributed by atoms with Crippen molar-refractivity contribution in [2.45, 2.75) is 6.54 Å². The van der Waals surface area contributed by atoms with E-state index in [-0.39, 0.29) is 5.69 Å². The molecule has 2 fully saturated rings. The van der Waals surface area contributed by atoms with Crippen LogP contribution in [0.15, 0.2) is 53.3 Å². The monoisotopic (exact) mass is 549 g/mol. The van der Waals surface area contributed by atoms with E-state index in [9.17, 15) is 4.79 Å². The lowest BCUT2D eigenvalue weighted by atomic mass is 10.1. The Hall–Kier alpha value is -3.44. The van der Waals surface area contributed by atoms with E-state index in [1.54, 1.807) is 4.57 Å². The number of hydrogen-bond acceptors (Lipinski definition) is 8. The number of halogens is 1. The van der Waals surface area contributed by atoms with Gasteiger partial charge in [0.2, 0.25) is 5.95 Å². The van der Waals surface area contributed by atoms with Crippen LogP contribution < -0.4 is 15.9 Å². The van der Waals surface area contributed by atoms with Gasteiger partial charge in [-0.15, -0.1) is 0 Å². The number of morpholine rings is 2. The molecule has 6 rings (SSSR count). The third kappa shape index (κ3) is 5.65. The molecule has 2 aromatic carbocycles. The Morgan fingerprint density at radius 2 is 1.59 bits per heavy atom. The molecule has 10 nitrogen and oxygen atoms in total. The molecule has 11 heteroatoms. The Morgan fingerprint density at radius 1 is 0.872 bits per heavy atom. The predicted molar refractivity (Wildman–Crippen MR) is 153 cm³/mol. The van der Waals surface area contributed by atoms with Crippen LogP contribution in [0.3, 0.4) is 0 Å². The van der Waals surface area contributed by atoms with Crippen LogP contribution in [-0.2, 0) is 23.1 Å². The Morgan fingerprint density at radius 3 is 2.33 bits per heavy atom. The summed E-state index contributed by atoms with van der Waals surface area (Å²) in [5, 5.41) is 4.06. The van der Waals surface area contributed by atoms with Gasteiger partial charge in [0.25, 0.3) is 0 Å². The third-order valence-corrected chi connectivity index (χ3v) is 7.56. The molecule has 0 aliphatic carbocycles. The van der Waals surface area contributed by atoms with E-state index >= 15 is 0 Å². The molecule has 0 bridgehead atoms. The van der Waals surface area contributed by atoms with Crippen LogP contribution in [0.2, 0.25) is 5.02 Å². The second-order valence-corrected chi connectivity index (χ2v) is 10.3. The minimum atomic E-state index is -0.0165. The van der Waals surface area contributed by atoms with Crippen molar-refractivity contribution >= 4 is 40.1 Å². The van der Waals surface area contributed by atoms with Crippen molar-refractivity contribution in [3.8, 4) is 11.3 Å². The minimum absolute atomic E-state index is 0.0165. The van der Waals surface area contributed by atoms with Gasteiger partial charge in [0.15, 0.2) is 0 Å². The maximum Gasteiger partial charge on any atom is 0.328 e. The zero-order chi connectivity index (χ0) is 26.8. The lowest BCUT2D eigenvalue weighted by Crippen LogP contribution is -2.39. The lowest BCUT2D eigenvalue weighted by Gasteiger charge is -2.27. The number of anilines is 3. The first-order valence-electron chi connectivity index (χ1n) is 13.3. The van der Waals surface area contributed by atoms with Gasteiger partial charge >= 0.3 is 5.69 Å². The van der Waals surface area contributed by atoms with Crippen LogP contribution in [-0.4, -0.2) is 83.2 Å². The topological polar surface area (TPSA) is 89.7 Å². The second-order valence-electron chi connectivity index (χ2n) is 9.82. The smallest absolute Gasteiger partial charge is 0.328 e. The van der Waals surface area contributed by atoms with Crippen LogP contribution in [0, 0.1) is 0 Å². The molecule has 0 saturated carbocycles. The van der Waals surface area contributed by atoms with Gasteiger partial charge in [-0.25, -0.2) is 9.78 Å². The molecule has 4 heterocycles. The highest BCUT2D eigenvalue weighted by Gasteiger charge is 2.19. The summed E-state index contributed by atoms with van der Waals surface area (Å²) in [7, 11) is 1.83. The van der Waals surface area contributed by atoms with Crippen LogP contribution in [0.25, 0.3) is 22.3 Å². The van der Waals surface area contributed by atoms with Crippen molar-refractivity contribution in [2.75, 3.05) is 69.4 Å². The number of rotatable bonds is 7. The summed E-state index contributed by atoms with van der Waals surface area (Å²) in [6.07, 6.45) is 0. The summed E-state index contributed by atoms with van der Waals surface area (Å²) >= 11 is 6.07. The fraction of sp³-hybridized carbons (Fsp3) is 0.393. The molecule has 0 spiro atoms. The fourth-order valence-electron chi connectivity index (χ4n) is 5.08. The van der Waals surface area contributed by atoms with Gasteiger partial charge in [0, 0.05) is 68.7 Å². The molecule has 4 aromatic rings. The van der Waals surface area contributed by atoms with Gasteiger partial charge < -0.3 is 19.7 Å². The number of aromatic nitrogens is 4. The maximum atomic E-state index is 13.2. The van der Waals surface area contributed by atoms with Gasteiger partial charge in [-0.3, -0.25) is 14.0 Å². The molecule has 0 atom stereocenters. The summed E-state index contributed by atoms with van der Waals surface area (Å²) in [5.74, 6) is 1.32. The summed E-state index contributed by atoms with van der Waals surface area (Å²) in [5.41, 5.74) is 4.35. The van der Waals surface area contributed by atoms with Crippen molar-refractivity contribution < 1.29 is 9.47 Å². The highest BCUT2D eigenvalue weighted by Crippen LogP contribution is 2.28. The third-order valence-electron chi connectivity index (χ3n) is 7.31. The number of hydrogen-bond donors (Lipinski definition) is 1. The highest BCUT2D eigenvalue weighted by molar-refractivity contribution is 6.30. The normalized spacial score (nSPS) is 16.6. The zero-order valence-corrected chi connectivity index (χ0v) is 22.7. The molecule has 2 aliphatic rings. The summed E-state index contributed by atoms with van der Waals surface area (Å²) in [6.45, 7) is 7.47. The van der Waals surface area contributed by atoms with E-state index < -0.39 is 0 Å². The largest absolute Gasteiger partial charge is 0.379 e. The number of ether oxygens (including phenoxy) is 2. The van der Waals surface area contributed by atoms with E-state index in [0.29, 0.717) is 36.5 Å². The predicted octanol–water partition coefficient (Wildman–Crippen LogP) is 3.36. The zero-order valence-electron chi connectivity index (χ0n) is 22.0. The highest BCUT2D eigenvalue weighted by atomic mass is 35.5. The minimum Gasteiger partial charge on any atom is -0.379 e. The first-order valence-corrected chi connectivity index (χ1v) is 13.7. The van der Waals surface area contributed by atoms with E-state index in [0.717, 1.165) is 73.9 Å². The van der Waals surface area contributed by atoms with Gasteiger partial charge in [0.05, 0.1) is 43.2 Å². The van der Waals surface area contributed by atoms with Crippen LogP contribution in [0.1, 0.15) is 0 Å². The number of aryl methyl sites for hydroxylation is 1. The summed E-state index contributed by atoms with van der Waals surface area (Å²) < 4.78 is 14.6. The molecular formula is C28H32ClN7O3. The van der Waals surface area contributed by atoms with E-state index in [1.807, 2.05) is 60.1 Å². The van der Waals surface area contributed by atoms with Gasteiger partial charge in [-0.05, 0) is 36.4 Å². The fourth-order valence-corrected chi connectivity index (χ4v) is 5.21. The standard InChI is InChI=1S/C28H32ClN7O3/c1-33-25-18-20(2-7-24(25)36(28(33)37)9-8-34-10-14-38-15-11-34)23-19-26(30-22-5-3-21(29)4-6-22)32-27(31-23)35-12-16-39-17-13-35/h2-7,18-19H,8-17H2,1H3,(H,30,31,32). The Bertz CT molecular complexity index is 1510. The summed E-state index contributed by atoms with van der Waals surface area (Å²) in [4.78, 5) is 27.4. The molecule has 0 amide bonds. The molecule has 39 heavy (non-hydrogen) atoms. The second kappa shape index (κ2) is 11.4. The van der Waals surface area contributed by atoms with Crippen molar-refractivity contribution in [3.63, 3.8) is 0 Å². The van der Waals surface area contributed by atoms with E-state index in [2.05, 4.69) is 15.1 Å². The maximum absolute atomic E-state index is 13.2. The first kappa shape index (κ1) is 25.8.